The molecule has 184 valence electrons. The first-order valence-corrected chi connectivity index (χ1v) is 13.5. The number of benzene rings is 2. The maximum atomic E-state index is 12.8. The van der Waals surface area contributed by atoms with Crippen LogP contribution in [0.2, 0.25) is 0 Å². The molecular formula is C30H37N3O2. The number of fused-ring (bicyclic) bond motifs is 6. The number of carbonyl (C=O) groups is 1. The maximum Gasteiger partial charge on any atom is 0.251 e. The van der Waals surface area contributed by atoms with E-state index in [1.807, 2.05) is 24.3 Å². The first-order valence-electron chi connectivity index (χ1n) is 13.5. The lowest BCUT2D eigenvalue weighted by Gasteiger charge is -2.50. The summed E-state index contributed by atoms with van der Waals surface area (Å²) in [6.07, 6.45) is 11.6. The quantitative estimate of drug-likeness (QED) is 0.557. The van der Waals surface area contributed by atoms with Crippen LogP contribution < -0.4 is 5.32 Å². The summed E-state index contributed by atoms with van der Waals surface area (Å²) < 4.78 is 0. The van der Waals surface area contributed by atoms with E-state index in [-0.39, 0.29) is 11.9 Å². The normalized spacial score (nSPS) is 29.4. The summed E-state index contributed by atoms with van der Waals surface area (Å²) in [6.45, 7) is 4.99. The number of rotatable bonds is 7. The van der Waals surface area contributed by atoms with Crippen LogP contribution in [0.25, 0.3) is 0 Å². The highest BCUT2D eigenvalue weighted by Gasteiger charge is 2.56. The van der Waals surface area contributed by atoms with Gasteiger partial charge in [0.05, 0.1) is 6.04 Å². The van der Waals surface area contributed by atoms with Crippen LogP contribution in [-0.4, -0.2) is 57.6 Å². The number of hydrogen-bond acceptors (Lipinski definition) is 4. The van der Waals surface area contributed by atoms with Gasteiger partial charge in [0, 0.05) is 42.3 Å². The summed E-state index contributed by atoms with van der Waals surface area (Å²) in [4.78, 5) is 18.3. The van der Waals surface area contributed by atoms with E-state index < -0.39 is 0 Å². The molecule has 3 saturated heterocycles. The van der Waals surface area contributed by atoms with E-state index in [2.05, 4.69) is 46.0 Å². The Bertz CT molecular complexity index is 1060. The molecule has 4 bridgehead atoms. The van der Waals surface area contributed by atoms with E-state index >= 15 is 0 Å². The van der Waals surface area contributed by atoms with Crippen LogP contribution >= 0.6 is 0 Å². The van der Waals surface area contributed by atoms with Crippen molar-refractivity contribution in [2.24, 2.45) is 0 Å². The highest BCUT2D eigenvalue weighted by atomic mass is 16.3. The van der Waals surface area contributed by atoms with Crippen LogP contribution in [-0.2, 0) is 0 Å². The zero-order valence-electron chi connectivity index (χ0n) is 20.5. The summed E-state index contributed by atoms with van der Waals surface area (Å²) in [7, 11) is 0. The number of hydrogen-bond donors (Lipinski definition) is 2. The van der Waals surface area contributed by atoms with Crippen LogP contribution in [0.15, 0.2) is 61.2 Å². The molecular weight excluding hydrogens is 434 g/mol. The molecule has 0 spiro atoms. The molecule has 3 heterocycles. The van der Waals surface area contributed by atoms with E-state index in [1.54, 1.807) is 6.07 Å². The van der Waals surface area contributed by atoms with Crippen LogP contribution in [0, 0.1) is 0 Å². The number of carbonyl (C=O) groups excluding carboxylic acids is 1. The SMILES string of the molecule is C=CCN1C2CCC1C1CCC2N1C(c1ccc(C(=O)NC2CCCC2)cc1)c1cccc(O)c1. The number of nitrogens with one attached hydrogen (secondary N) is 1. The monoisotopic (exact) mass is 471 g/mol. The Balaban J connectivity index is 1.32. The number of nitrogens with zero attached hydrogens (tertiary/aromatic N) is 2. The van der Waals surface area contributed by atoms with Gasteiger partial charge < -0.3 is 10.4 Å². The Morgan fingerprint density at radius 3 is 2.23 bits per heavy atom. The Labute approximate surface area is 208 Å². The third kappa shape index (κ3) is 4.09. The second-order valence-electron chi connectivity index (χ2n) is 10.9. The molecule has 0 radical (unpaired) electrons. The third-order valence-electron chi connectivity index (χ3n) is 9.03. The van der Waals surface area contributed by atoms with Crippen molar-refractivity contribution in [2.75, 3.05) is 6.54 Å². The zero-order valence-corrected chi connectivity index (χ0v) is 20.5. The molecule has 5 heteroatoms. The standard InChI is InChI=1S/C30H37N3O2/c1-2-18-32-25-14-15-26(32)28-17-16-27(25)33(28)29(22-6-5-9-24(34)19-22)20-10-12-21(13-11-20)30(35)31-23-7-3-4-8-23/h2,5-6,9-13,19,23,25-29,34H,1,3-4,7-8,14-18H2,(H,31,35). The van der Waals surface area contributed by atoms with Crippen molar-refractivity contribution in [3.8, 4) is 5.75 Å². The highest BCUT2D eigenvalue weighted by molar-refractivity contribution is 5.94. The van der Waals surface area contributed by atoms with Gasteiger partial charge in [-0.2, -0.15) is 0 Å². The van der Waals surface area contributed by atoms with Gasteiger partial charge >= 0.3 is 0 Å². The summed E-state index contributed by atoms with van der Waals surface area (Å²) in [6, 6.07) is 18.5. The summed E-state index contributed by atoms with van der Waals surface area (Å²) in [5.41, 5.74) is 3.05. The van der Waals surface area contributed by atoms with Crippen molar-refractivity contribution in [3.63, 3.8) is 0 Å². The topological polar surface area (TPSA) is 55.8 Å². The van der Waals surface area contributed by atoms with Gasteiger partial charge in [-0.15, -0.1) is 6.58 Å². The first kappa shape index (κ1) is 22.8. The van der Waals surface area contributed by atoms with E-state index in [9.17, 15) is 9.90 Å². The fourth-order valence-electron chi connectivity index (χ4n) is 7.60. The molecule has 35 heavy (non-hydrogen) atoms. The largest absolute Gasteiger partial charge is 0.508 e. The lowest BCUT2D eigenvalue weighted by Crippen LogP contribution is -2.60. The van der Waals surface area contributed by atoms with Gasteiger partial charge in [0.2, 0.25) is 0 Å². The Hall–Kier alpha value is -2.63. The predicted octanol–water partition coefficient (Wildman–Crippen LogP) is 5.02. The molecule has 1 saturated carbocycles. The fraction of sp³-hybridized carbons (Fsp3) is 0.500. The molecule has 5 atom stereocenters. The Morgan fingerprint density at radius 1 is 0.943 bits per heavy atom. The number of aromatic hydroxyl groups is 1. The molecule has 4 aliphatic rings. The van der Waals surface area contributed by atoms with Gasteiger partial charge in [-0.1, -0.05) is 43.2 Å². The smallest absolute Gasteiger partial charge is 0.251 e. The fourth-order valence-corrected chi connectivity index (χ4v) is 7.60. The van der Waals surface area contributed by atoms with Gasteiger partial charge in [-0.3, -0.25) is 14.6 Å². The lowest BCUT2D eigenvalue weighted by atomic mass is 9.91. The van der Waals surface area contributed by atoms with Crippen molar-refractivity contribution < 1.29 is 9.90 Å². The Morgan fingerprint density at radius 2 is 1.60 bits per heavy atom. The van der Waals surface area contributed by atoms with E-state index in [1.165, 1.54) is 44.1 Å². The van der Waals surface area contributed by atoms with Gasteiger partial charge in [0.15, 0.2) is 0 Å². The van der Waals surface area contributed by atoms with Crippen molar-refractivity contribution in [1.82, 2.24) is 15.1 Å². The zero-order chi connectivity index (χ0) is 23.9. The van der Waals surface area contributed by atoms with Gasteiger partial charge in [-0.25, -0.2) is 0 Å². The first-order chi connectivity index (χ1) is 17.1. The molecule has 5 nitrogen and oxygen atoms in total. The lowest BCUT2D eigenvalue weighted by molar-refractivity contribution is -0.00329. The van der Waals surface area contributed by atoms with Crippen LogP contribution in [0.1, 0.15) is 78.9 Å². The second kappa shape index (κ2) is 9.44. The minimum absolute atomic E-state index is 0.0357. The Kier molecular flexibility index (Phi) is 6.15. The molecule has 5 unspecified atom stereocenters. The van der Waals surface area contributed by atoms with E-state index in [0.29, 0.717) is 36.0 Å². The van der Waals surface area contributed by atoms with Crippen molar-refractivity contribution >= 4 is 5.91 Å². The van der Waals surface area contributed by atoms with E-state index in [4.69, 9.17) is 0 Å². The molecule has 6 rings (SSSR count). The molecule has 0 aromatic heterocycles. The average molecular weight is 472 g/mol. The minimum Gasteiger partial charge on any atom is -0.508 e. The summed E-state index contributed by atoms with van der Waals surface area (Å²) >= 11 is 0. The number of piperazine rings is 1. The van der Waals surface area contributed by atoms with Crippen molar-refractivity contribution in [1.29, 1.82) is 0 Å². The molecule has 2 aromatic rings. The number of phenolic OH excluding ortho intramolecular Hbond substituents is 1. The minimum atomic E-state index is 0.0357. The molecule has 2 aromatic carbocycles. The van der Waals surface area contributed by atoms with Crippen LogP contribution in [0.3, 0.4) is 0 Å². The second-order valence-corrected chi connectivity index (χ2v) is 10.9. The van der Waals surface area contributed by atoms with Gasteiger partial charge in [0.1, 0.15) is 5.75 Å². The van der Waals surface area contributed by atoms with Gasteiger partial charge in [0.25, 0.3) is 5.91 Å². The average Bonchev–Trinajstić information content (AvgIpc) is 3.56. The van der Waals surface area contributed by atoms with Crippen LogP contribution in [0.5, 0.6) is 5.75 Å². The molecule has 1 amide bonds. The maximum absolute atomic E-state index is 12.8. The highest BCUT2D eigenvalue weighted by Crippen LogP contribution is 2.50. The summed E-state index contributed by atoms with van der Waals surface area (Å²) in [5, 5.41) is 13.6. The number of amides is 1. The van der Waals surface area contributed by atoms with E-state index in [0.717, 1.165) is 30.5 Å². The van der Waals surface area contributed by atoms with Crippen LogP contribution in [0.4, 0.5) is 0 Å². The van der Waals surface area contributed by atoms with Crippen molar-refractivity contribution in [2.45, 2.75) is 87.6 Å². The summed E-state index contributed by atoms with van der Waals surface area (Å²) in [5.74, 6) is 0.342. The molecule has 4 fully saturated rings. The number of phenols is 1. The molecule has 2 N–H and O–H groups in total. The predicted molar refractivity (Wildman–Crippen MR) is 138 cm³/mol. The molecule has 1 aliphatic carbocycles. The molecule has 3 aliphatic heterocycles. The third-order valence-corrected chi connectivity index (χ3v) is 9.03. The van der Waals surface area contributed by atoms with Crippen molar-refractivity contribution in [3.05, 3.63) is 77.9 Å². The van der Waals surface area contributed by atoms with Gasteiger partial charge in [-0.05, 0) is 73.9 Å².